The Hall–Kier alpha value is -2.18. The lowest BCUT2D eigenvalue weighted by Gasteiger charge is -2.19. The number of aromatic nitrogens is 2. The number of benzene rings is 1. The third kappa shape index (κ3) is 3.83. The van der Waals surface area contributed by atoms with Crippen LogP contribution in [-0.4, -0.2) is 35.4 Å². The van der Waals surface area contributed by atoms with Crippen LogP contribution in [0.15, 0.2) is 36.5 Å². The van der Waals surface area contributed by atoms with E-state index in [1.165, 1.54) is 0 Å². The predicted octanol–water partition coefficient (Wildman–Crippen LogP) is 1.43. The minimum atomic E-state index is -0.382. The van der Waals surface area contributed by atoms with Crippen LogP contribution in [0.3, 0.4) is 0 Å². The van der Waals surface area contributed by atoms with Gasteiger partial charge in [0.15, 0.2) is 0 Å². The number of carbonyl (C=O) groups excluding carboxylic acids is 1. The van der Waals surface area contributed by atoms with Crippen LogP contribution >= 0.6 is 0 Å². The topological polar surface area (TPSA) is 82.2 Å². The fraction of sp³-hybridized carbons (Fsp3) is 0.444. The minimum absolute atomic E-state index is 0.114. The summed E-state index contributed by atoms with van der Waals surface area (Å²) >= 11 is 0. The van der Waals surface area contributed by atoms with Gasteiger partial charge in [-0.25, -0.2) is 0 Å². The van der Waals surface area contributed by atoms with E-state index >= 15 is 0 Å². The van der Waals surface area contributed by atoms with Gasteiger partial charge in [0, 0.05) is 37.9 Å². The summed E-state index contributed by atoms with van der Waals surface area (Å²) in [5, 5.41) is 7.74. The molecule has 0 spiro atoms. The second kappa shape index (κ2) is 7.59. The first-order chi connectivity index (χ1) is 11.6. The second-order valence-corrected chi connectivity index (χ2v) is 6.24. The summed E-state index contributed by atoms with van der Waals surface area (Å²) in [5.74, 6) is 0.0734. The molecule has 24 heavy (non-hydrogen) atoms. The van der Waals surface area contributed by atoms with E-state index in [9.17, 15) is 4.79 Å². The van der Waals surface area contributed by atoms with Crippen molar-refractivity contribution in [3.05, 3.63) is 53.3 Å². The van der Waals surface area contributed by atoms with Crippen molar-refractivity contribution in [3.63, 3.8) is 0 Å². The number of ether oxygens (including phenoxy) is 1. The lowest BCUT2D eigenvalue weighted by molar-refractivity contribution is 0.0839. The monoisotopic (exact) mass is 328 g/mol. The van der Waals surface area contributed by atoms with Gasteiger partial charge in [0.05, 0.1) is 5.69 Å². The first-order valence-corrected chi connectivity index (χ1v) is 8.34. The van der Waals surface area contributed by atoms with E-state index in [2.05, 4.69) is 10.4 Å². The zero-order valence-electron chi connectivity index (χ0n) is 13.9. The third-order valence-electron chi connectivity index (χ3n) is 4.57. The summed E-state index contributed by atoms with van der Waals surface area (Å²) in [5.41, 5.74) is 8.13. The Morgan fingerprint density at radius 1 is 1.46 bits per heavy atom. The van der Waals surface area contributed by atoms with Crippen LogP contribution in [0.1, 0.15) is 34.1 Å². The molecule has 0 saturated carbocycles. The summed E-state index contributed by atoms with van der Waals surface area (Å²) in [6.45, 7) is 2.56. The molecule has 1 aliphatic heterocycles. The molecule has 1 aromatic heterocycles. The van der Waals surface area contributed by atoms with Crippen LogP contribution in [0.5, 0.6) is 0 Å². The molecule has 6 heteroatoms. The molecule has 1 saturated heterocycles. The van der Waals surface area contributed by atoms with Crippen LogP contribution in [0.4, 0.5) is 0 Å². The molecule has 0 bridgehead atoms. The molecule has 3 N–H and O–H groups in total. The highest BCUT2D eigenvalue weighted by molar-refractivity contribution is 5.92. The maximum Gasteiger partial charge on any atom is 0.248 e. The Balaban J connectivity index is 1.49. The zero-order chi connectivity index (χ0) is 16.9. The molecule has 1 amide bonds. The van der Waals surface area contributed by atoms with Crippen molar-refractivity contribution in [2.24, 2.45) is 18.7 Å². The number of hydrogen-bond acceptors (Lipinski definition) is 4. The van der Waals surface area contributed by atoms with Crippen LogP contribution in [0, 0.1) is 5.92 Å². The Morgan fingerprint density at radius 2 is 2.33 bits per heavy atom. The van der Waals surface area contributed by atoms with Gasteiger partial charge < -0.3 is 15.8 Å². The van der Waals surface area contributed by atoms with Crippen LogP contribution in [0.25, 0.3) is 0 Å². The molecule has 128 valence electrons. The van der Waals surface area contributed by atoms with Gasteiger partial charge in [0.25, 0.3) is 0 Å². The van der Waals surface area contributed by atoms with E-state index in [0.717, 1.165) is 43.8 Å². The van der Waals surface area contributed by atoms with Gasteiger partial charge in [-0.15, -0.1) is 0 Å². The molecule has 1 fully saturated rings. The van der Waals surface area contributed by atoms with E-state index in [1.54, 1.807) is 6.07 Å². The first-order valence-electron chi connectivity index (χ1n) is 8.34. The Morgan fingerprint density at radius 3 is 3.08 bits per heavy atom. The standard InChI is InChI=1S/C18H24N4O2/c1-22-16(6-9-21-22)17-15(7-10-24-17)12-20-8-5-13-3-2-4-14(11-13)18(19)23/h2-4,6,9,11,15,17,20H,5,7-8,10,12H2,1H3,(H2,19,23)/t15-,17+/m0/s1. The van der Waals surface area contributed by atoms with Crippen molar-refractivity contribution < 1.29 is 9.53 Å². The number of amides is 1. The molecule has 1 aliphatic rings. The molecular formula is C18H24N4O2. The average molecular weight is 328 g/mol. The lowest BCUT2D eigenvalue weighted by Crippen LogP contribution is -2.27. The number of hydrogen-bond donors (Lipinski definition) is 2. The van der Waals surface area contributed by atoms with Crippen molar-refractivity contribution >= 4 is 5.91 Å². The fourth-order valence-electron chi connectivity index (χ4n) is 3.23. The molecular weight excluding hydrogens is 304 g/mol. The van der Waals surface area contributed by atoms with Gasteiger partial charge in [-0.1, -0.05) is 12.1 Å². The van der Waals surface area contributed by atoms with E-state index in [1.807, 2.05) is 42.2 Å². The van der Waals surface area contributed by atoms with Gasteiger partial charge in [-0.05, 0) is 43.1 Å². The van der Waals surface area contributed by atoms with Crippen molar-refractivity contribution in [1.82, 2.24) is 15.1 Å². The maximum absolute atomic E-state index is 11.2. The lowest BCUT2D eigenvalue weighted by atomic mass is 9.99. The molecule has 0 aliphatic carbocycles. The summed E-state index contributed by atoms with van der Waals surface area (Å²) in [7, 11) is 1.95. The maximum atomic E-state index is 11.2. The molecule has 2 heterocycles. The van der Waals surface area contributed by atoms with Crippen LogP contribution in [-0.2, 0) is 18.2 Å². The molecule has 3 rings (SSSR count). The van der Waals surface area contributed by atoms with Crippen molar-refractivity contribution in [3.8, 4) is 0 Å². The number of primary amides is 1. The van der Waals surface area contributed by atoms with Gasteiger partial charge in [0.2, 0.25) is 5.91 Å². The number of nitrogens with zero attached hydrogens (tertiary/aromatic N) is 2. The number of nitrogens with one attached hydrogen (secondary N) is 1. The third-order valence-corrected chi connectivity index (χ3v) is 4.57. The Bertz CT molecular complexity index is 698. The Labute approximate surface area is 142 Å². The van der Waals surface area contributed by atoms with E-state index < -0.39 is 0 Å². The highest BCUT2D eigenvalue weighted by atomic mass is 16.5. The van der Waals surface area contributed by atoms with E-state index in [0.29, 0.717) is 11.5 Å². The zero-order valence-corrected chi connectivity index (χ0v) is 13.9. The number of rotatable bonds is 7. The van der Waals surface area contributed by atoms with Gasteiger partial charge in [-0.3, -0.25) is 9.48 Å². The average Bonchev–Trinajstić information content (AvgIpc) is 3.20. The smallest absolute Gasteiger partial charge is 0.248 e. The molecule has 2 aromatic rings. The molecule has 0 unspecified atom stereocenters. The minimum Gasteiger partial charge on any atom is -0.372 e. The van der Waals surface area contributed by atoms with Gasteiger partial charge >= 0.3 is 0 Å². The number of nitrogens with two attached hydrogens (primary N) is 1. The number of carbonyl (C=O) groups is 1. The predicted molar refractivity (Wildman–Crippen MR) is 91.5 cm³/mol. The van der Waals surface area contributed by atoms with Crippen molar-refractivity contribution in [1.29, 1.82) is 0 Å². The van der Waals surface area contributed by atoms with E-state index in [4.69, 9.17) is 10.5 Å². The molecule has 1 aromatic carbocycles. The first kappa shape index (κ1) is 16.7. The highest BCUT2D eigenvalue weighted by Gasteiger charge is 2.31. The summed E-state index contributed by atoms with van der Waals surface area (Å²) < 4.78 is 7.78. The Kier molecular flexibility index (Phi) is 5.27. The van der Waals surface area contributed by atoms with Gasteiger partial charge in [-0.2, -0.15) is 5.10 Å². The van der Waals surface area contributed by atoms with Crippen molar-refractivity contribution in [2.75, 3.05) is 19.7 Å². The van der Waals surface area contributed by atoms with Crippen LogP contribution in [0.2, 0.25) is 0 Å². The van der Waals surface area contributed by atoms with E-state index in [-0.39, 0.29) is 12.0 Å². The largest absolute Gasteiger partial charge is 0.372 e. The molecule has 2 atom stereocenters. The summed E-state index contributed by atoms with van der Waals surface area (Å²) in [6.07, 6.45) is 3.85. The molecule has 6 nitrogen and oxygen atoms in total. The van der Waals surface area contributed by atoms with Crippen molar-refractivity contribution in [2.45, 2.75) is 18.9 Å². The highest BCUT2D eigenvalue weighted by Crippen LogP contribution is 2.33. The normalized spacial score (nSPS) is 20.4. The van der Waals surface area contributed by atoms with Gasteiger partial charge in [0.1, 0.15) is 6.10 Å². The summed E-state index contributed by atoms with van der Waals surface area (Å²) in [4.78, 5) is 11.2. The summed E-state index contributed by atoms with van der Waals surface area (Å²) in [6, 6.07) is 9.52. The SMILES string of the molecule is Cn1nccc1[C@@H]1OCC[C@H]1CNCCc1cccc(C(N)=O)c1. The number of aryl methyl sites for hydroxylation is 1. The second-order valence-electron chi connectivity index (χ2n) is 6.24. The quantitative estimate of drug-likeness (QED) is 0.753. The molecule has 0 radical (unpaired) electrons. The fourth-order valence-corrected chi connectivity index (χ4v) is 3.23. The van der Waals surface area contributed by atoms with Crippen LogP contribution < -0.4 is 11.1 Å².